The summed E-state index contributed by atoms with van der Waals surface area (Å²) in [6.45, 7) is 3.22. The number of hydrogen-bond donors (Lipinski definition) is 2. The summed E-state index contributed by atoms with van der Waals surface area (Å²) in [5.41, 5.74) is 7.16. The Balaban J connectivity index is 1.94. The zero-order valence-corrected chi connectivity index (χ0v) is 12.1. The normalized spacial score (nSPS) is 23.9. The average Bonchev–Trinajstić information content (AvgIpc) is 2.30. The SMILES string of the molecule is C[C@H]1CC[C@H](CNc2c(N)cc(Cl)nc2Cl)CC1. The van der Waals surface area contributed by atoms with Crippen LogP contribution in [-0.2, 0) is 0 Å². The highest BCUT2D eigenvalue weighted by Gasteiger charge is 2.18. The van der Waals surface area contributed by atoms with Gasteiger partial charge in [-0.25, -0.2) is 4.98 Å². The number of nitrogen functional groups attached to an aromatic ring is 1. The Morgan fingerprint density at radius 3 is 2.61 bits per heavy atom. The third-order valence-corrected chi connectivity index (χ3v) is 4.14. The molecule has 18 heavy (non-hydrogen) atoms. The minimum Gasteiger partial charge on any atom is -0.397 e. The molecule has 3 N–H and O–H groups in total. The van der Waals surface area contributed by atoms with Gasteiger partial charge in [0.25, 0.3) is 0 Å². The summed E-state index contributed by atoms with van der Waals surface area (Å²) in [6, 6.07) is 1.62. The van der Waals surface area contributed by atoms with E-state index in [2.05, 4.69) is 17.2 Å². The molecule has 1 aliphatic rings. The molecule has 0 saturated heterocycles. The van der Waals surface area contributed by atoms with E-state index in [1.165, 1.54) is 25.7 Å². The Bertz CT molecular complexity index is 392. The van der Waals surface area contributed by atoms with E-state index in [1.54, 1.807) is 6.07 Å². The zero-order valence-electron chi connectivity index (χ0n) is 10.5. The lowest BCUT2D eigenvalue weighted by Gasteiger charge is -2.26. The lowest BCUT2D eigenvalue weighted by Crippen LogP contribution is -2.20. The Hall–Kier alpha value is -0.670. The Kier molecular flexibility index (Phi) is 4.57. The first kappa shape index (κ1) is 13.8. The fourth-order valence-electron chi connectivity index (χ4n) is 2.46. The van der Waals surface area contributed by atoms with Gasteiger partial charge in [0.1, 0.15) is 5.15 Å². The first-order chi connectivity index (χ1) is 8.56. The fraction of sp³-hybridized carbons (Fsp3) is 0.615. The van der Waals surface area contributed by atoms with Gasteiger partial charge in [-0.2, -0.15) is 0 Å². The van der Waals surface area contributed by atoms with Gasteiger partial charge in [-0.15, -0.1) is 0 Å². The van der Waals surface area contributed by atoms with Crippen LogP contribution in [0.2, 0.25) is 10.3 Å². The minimum atomic E-state index is 0.328. The van der Waals surface area contributed by atoms with Crippen molar-refractivity contribution in [1.82, 2.24) is 4.98 Å². The van der Waals surface area contributed by atoms with E-state index < -0.39 is 0 Å². The summed E-state index contributed by atoms with van der Waals surface area (Å²) in [5, 5.41) is 3.99. The molecule has 1 saturated carbocycles. The molecule has 0 aromatic carbocycles. The maximum Gasteiger partial charge on any atom is 0.155 e. The molecule has 1 heterocycles. The van der Waals surface area contributed by atoms with Crippen LogP contribution in [0.5, 0.6) is 0 Å². The summed E-state index contributed by atoms with van der Waals surface area (Å²) in [4.78, 5) is 4.00. The molecule has 2 rings (SSSR count). The number of rotatable bonds is 3. The van der Waals surface area contributed by atoms with E-state index in [0.29, 0.717) is 27.6 Å². The van der Waals surface area contributed by atoms with Crippen molar-refractivity contribution < 1.29 is 0 Å². The molecule has 1 aliphatic carbocycles. The quantitative estimate of drug-likeness (QED) is 0.819. The molecule has 1 fully saturated rings. The van der Waals surface area contributed by atoms with Gasteiger partial charge in [-0.05, 0) is 24.7 Å². The topological polar surface area (TPSA) is 50.9 Å². The van der Waals surface area contributed by atoms with Crippen molar-refractivity contribution in [3.8, 4) is 0 Å². The molecule has 3 nitrogen and oxygen atoms in total. The van der Waals surface area contributed by atoms with Crippen molar-refractivity contribution in [1.29, 1.82) is 0 Å². The van der Waals surface area contributed by atoms with E-state index in [4.69, 9.17) is 28.9 Å². The maximum absolute atomic E-state index is 6.04. The number of nitrogens with zero attached hydrogens (tertiary/aromatic N) is 1. The van der Waals surface area contributed by atoms with Gasteiger partial charge < -0.3 is 11.1 Å². The van der Waals surface area contributed by atoms with Gasteiger partial charge in [0.05, 0.1) is 11.4 Å². The summed E-state index contributed by atoms with van der Waals surface area (Å²) in [6.07, 6.45) is 5.17. The smallest absolute Gasteiger partial charge is 0.155 e. The van der Waals surface area contributed by atoms with Crippen LogP contribution >= 0.6 is 23.2 Å². The molecule has 0 aliphatic heterocycles. The van der Waals surface area contributed by atoms with Crippen LogP contribution in [0.15, 0.2) is 6.07 Å². The highest BCUT2D eigenvalue weighted by molar-refractivity contribution is 6.35. The summed E-state index contributed by atoms with van der Waals surface area (Å²) >= 11 is 11.8. The monoisotopic (exact) mass is 287 g/mol. The van der Waals surface area contributed by atoms with E-state index in [1.807, 2.05) is 0 Å². The Morgan fingerprint density at radius 2 is 2.00 bits per heavy atom. The molecule has 0 radical (unpaired) electrons. The van der Waals surface area contributed by atoms with Crippen molar-refractivity contribution in [3.05, 3.63) is 16.4 Å². The first-order valence-corrected chi connectivity index (χ1v) is 7.17. The van der Waals surface area contributed by atoms with Crippen molar-refractivity contribution in [2.45, 2.75) is 32.6 Å². The largest absolute Gasteiger partial charge is 0.397 e. The molecule has 0 amide bonds. The van der Waals surface area contributed by atoms with Crippen LogP contribution in [0.1, 0.15) is 32.6 Å². The van der Waals surface area contributed by atoms with Gasteiger partial charge in [-0.1, -0.05) is 43.0 Å². The lowest BCUT2D eigenvalue weighted by atomic mass is 9.83. The standard InChI is InChI=1S/C13H19Cl2N3/c1-8-2-4-9(5-3-8)7-17-12-10(16)6-11(14)18-13(12)15/h6,8-9,17H,2-5,7H2,1H3,(H2,16,18)/t8-,9-. The highest BCUT2D eigenvalue weighted by Crippen LogP contribution is 2.32. The van der Waals surface area contributed by atoms with Gasteiger partial charge in [-0.3, -0.25) is 0 Å². The average molecular weight is 288 g/mol. The number of pyridine rings is 1. The van der Waals surface area contributed by atoms with Crippen molar-refractivity contribution in [2.24, 2.45) is 11.8 Å². The second kappa shape index (κ2) is 5.98. The van der Waals surface area contributed by atoms with Crippen LogP contribution < -0.4 is 11.1 Å². The lowest BCUT2D eigenvalue weighted by molar-refractivity contribution is 0.300. The van der Waals surface area contributed by atoms with E-state index >= 15 is 0 Å². The number of halogens is 2. The molecule has 0 unspecified atom stereocenters. The van der Waals surface area contributed by atoms with Crippen LogP contribution in [0.25, 0.3) is 0 Å². The van der Waals surface area contributed by atoms with Gasteiger partial charge in [0.15, 0.2) is 5.15 Å². The molecule has 1 aromatic rings. The van der Waals surface area contributed by atoms with E-state index in [9.17, 15) is 0 Å². The Morgan fingerprint density at radius 1 is 1.33 bits per heavy atom. The van der Waals surface area contributed by atoms with Crippen molar-refractivity contribution in [2.75, 3.05) is 17.6 Å². The summed E-state index contributed by atoms with van der Waals surface area (Å²) in [5.74, 6) is 1.57. The molecule has 0 bridgehead atoms. The molecule has 100 valence electrons. The first-order valence-electron chi connectivity index (χ1n) is 6.41. The van der Waals surface area contributed by atoms with Gasteiger partial charge in [0, 0.05) is 12.6 Å². The molecule has 0 spiro atoms. The third kappa shape index (κ3) is 3.42. The van der Waals surface area contributed by atoms with Gasteiger partial charge >= 0.3 is 0 Å². The van der Waals surface area contributed by atoms with Crippen LogP contribution in [0, 0.1) is 11.8 Å². The maximum atomic E-state index is 6.04. The van der Waals surface area contributed by atoms with Crippen molar-refractivity contribution in [3.63, 3.8) is 0 Å². The summed E-state index contributed by atoms with van der Waals surface area (Å²) in [7, 11) is 0. The van der Waals surface area contributed by atoms with E-state index in [0.717, 1.165) is 12.5 Å². The van der Waals surface area contributed by atoms with Crippen LogP contribution in [-0.4, -0.2) is 11.5 Å². The predicted molar refractivity (Wildman–Crippen MR) is 78.3 cm³/mol. The molecule has 1 aromatic heterocycles. The minimum absolute atomic E-state index is 0.328. The molecule has 0 atom stereocenters. The molecular formula is C13H19Cl2N3. The van der Waals surface area contributed by atoms with Crippen molar-refractivity contribution >= 4 is 34.6 Å². The molecule has 5 heteroatoms. The number of anilines is 2. The molecular weight excluding hydrogens is 269 g/mol. The number of hydrogen-bond acceptors (Lipinski definition) is 3. The third-order valence-electron chi connectivity index (χ3n) is 3.68. The van der Waals surface area contributed by atoms with Gasteiger partial charge in [0.2, 0.25) is 0 Å². The number of nitrogens with two attached hydrogens (primary N) is 1. The summed E-state index contributed by atoms with van der Waals surface area (Å²) < 4.78 is 0. The second-order valence-corrected chi connectivity index (χ2v) is 5.95. The highest BCUT2D eigenvalue weighted by atomic mass is 35.5. The number of nitrogens with one attached hydrogen (secondary N) is 1. The van der Waals surface area contributed by atoms with Crippen LogP contribution in [0.4, 0.5) is 11.4 Å². The zero-order chi connectivity index (χ0) is 13.1. The predicted octanol–water partition coefficient (Wildman–Crippen LogP) is 4.21. The second-order valence-electron chi connectivity index (χ2n) is 5.21. The van der Waals surface area contributed by atoms with E-state index in [-0.39, 0.29) is 0 Å². The number of aromatic nitrogens is 1. The fourth-order valence-corrected chi connectivity index (χ4v) is 2.97. The Labute approximate surface area is 118 Å². The van der Waals surface area contributed by atoms with Crippen LogP contribution in [0.3, 0.4) is 0 Å².